The minimum absolute atomic E-state index is 0.0928. The Bertz CT molecular complexity index is 4750. The van der Waals surface area contributed by atoms with Gasteiger partial charge >= 0.3 is 0 Å². The summed E-state index contributed by atoms with van der Waals surface area (Å²) in [5.74, 6) is 1.40. The first-order chi connectivity index (χ1) is 40.6. The van der Waals surface area contributed by atoms with E-state index in [-0.39, 0.29) is 34.4 Å². The highest BCUT2D eigenvalue weighted by Gasteiger charge is 2.26. The molecule has 0 saturated heterocycles. The zero-order valence-corrected chi connectivity index (χ0v) is 45.1. The summed E-state index contributed by atoms with van der Waals surface area (Å²) in [6, 6.07) is 59.5. The predicted octanol–water partition coefficient (Wildman–Crippen LogP) is 18.2. The van der Waals surface area contributed by atoms with Crippen molar-refractivity contribution in [3.63, 3.8) is 0 Å². The lowest BCUT2D eigenvalue weighted by Gasteiger charge is -2.27. The number of hydrogen-bond donors (Lipinski definition) is 0. The summed E-state index contributed by atoms with van der Waals surface area (Å²) in [6.07, 6.45) is 3.81. The van der Waals surface area contributed by atoms with Crippen LogP contribution >= 0.6 is 0 Å². The van der Waals surface area contributed by atoms with Gasteiger partial charge in [0.2, 0.25) is 0 Å². The number of hydrogen-bond acceptors (Lipinski definition) is 2. The lowest BCUT2D eigenvalue weighted by atomic mass is 9.78. The quantitative estimate of drug-likeness (QED) is 0.101. The monoisotopic (exact) mass is 1020 g/mol. The van der Waals surface area contributed by atoms with E-state index in [1.54, 1.807) is 12.3 Å². The molecule has 0 aliphatic carbocycles. The summed E-state index contributed by atoms with van der Waals surface area (Å²) in [7, 11) is 0. The van der Waals surface area contributed by atoms with Crippen LogP contribution in [0.3, 0.4) is 0 Å². The maximum Gasteiger partial charge on any atom is 0.269 e. The average Bonchev–Trinajstić information content (AvgIpc) is 2.05. The Morgan fingerprint density at radius 3 is 1.83 bits per heavy atom. The van der Waals surface area contributed by atoms with E-state index >= 15 is 0 Å². The minimum Gasteiger partial charge on any atom is -0.458 e. The van der Waals surface area contributed by atoms with Gasteiger partial charge in [0.1, 0.15) is 17.3 Å². The zero-order chi connectivity index (χ0) is 59.6. The van der Waals surface area contributed by atoms with Gasteiger partial charge in [0.05, 0.1) is 57.0 Å². The second-order valence-corrected chi connectivity index (χ2v) is 22.6. The van der Waals surface area contributed by atoms with Crippen molar-refractivity contribution in [3.05, 3.63) is 241 Å². The van der Waals surface area contributed by atoms with E-state index in [1.807, 2.05) is 114 Å². The highest BCUT2D eigenvalue weighted by molar-refractivity contribution is 6.16. The predicted molar refractivity (Wildman–Crippen MR) is 323 cm³/mol. The maximum absolute atomic E-state index is 9.32. The molecule has 4 heterocycles. The fourth-order valence-electron chi connectivity index (χ4n) is 11.2. The van der Waals surface area contributed by atoms with Crippen LogP contribution in [-0.4, -0.2) is 18.7 Å². The Morgan fingerprint density at radius 2 is 1.17 bits per heavy atom. The summed E-state index contributed by atoms with van der Waals surface area (Å²) >= 11 is 0. The largest absolute Gasteiger partial charge is 0.458 e. The summed E-state index contributed by atoms with van der Waals surface area (Å²) in [4.78, 5) is 4.94. The topological polar surface area (TPSA) is 40.8 Å². The summed E-state index contributed by atoms with van der Waals surface area (Å²) in [5, 5.41) is 4.20. The fourth-order valence-corrected chi connectivity index (χ4v) is 11.2. The lowest BCUT2D eigenvalue weighted by Crippen LogP contribution is -2.31. The SMILES string of the molecule is [2H]c1c([2H])c([2H])c(-c2cccc(-c3cc(C(C)(C)C)cc(C(C)(C)C)c3)c2-[n+]2[c-]n(-c3cccc(Oc4cc(-n5c6ccccc6c6ccccc65)c5c6ccccc6n(-c6cc(C([2H])([2H])C(C)C)ccn6)c5c4)c3)c3ccccc32)c([2H])c1[2H]. The molecule has 382 valence electrons. The number of fused-ring (bicyclic) bond motifs is 7. The van der Waals surface area contributed by atoms with Crippen molar-refractivity contribution in [2.24, 2.45) is 5.92 Å². The van der Waals surface area contributed by atoms with E-state index in [0.717, 1.165) is 88.3 Å². The number of benzene rings is 9. The first kappa shape index (κ1) is 41.2. The molecule has 6 nitrogen and oxygen atoms in total. The highest BCUT2D eigenvalue weighted by Crippen LogP contribution is 2.44. The van der Waals surface area contributed by atoms with Crippen LogP contribution in [-0.2, 0) is 17.2 Å². The van der Waals surface area contributed by atoms with E-state index in [0.29, 0.717) is 34.1 Å². The normalized spacial score (nSPS) is 13.7. The van der Waals surface area contributed by atoms with Crippen LogP contribution in [0.1, 0.15) is 81.7 Å². The molecular formula is C72H63N5O. The second-order valence-electron chi connectivity index (χ2n) is 22.6. The van der Waals surface area contributed by atoms with Crippen LogP contribution in [0.15, 0.2) is 218 Å². The molecule has 0 radical (unpaired) electrons. The molecule has 6 heteroatoms. The van der Waals surface area contributed by atoms with Crippen LogP contribution in [0.4, 0.5) is 0 Å². The summed E-state index contributed by atoms with van der Waals surface area (Å²) < 4.78 is 78.7. The Labute approximate surface area is 466 Å². The Kier molecular flexibility index (Phi) is 10.00. The molecule has 0 N–H and O–H groups in total. The number of pyridine rings is 1. The minimum atomic E-state index is -1.62. The maximum atomic E-state index is 9.32. The van der Waals surface area contributed by atoms with Gasteiger partial charge in [-0.25, -0.2) is 4.98 Å². The van der Waals surface area contributed by atoms with Crippen molar-refractivity contribution in [2.45, 2.75) is 72.6 Å². The molecule has 78 heavy (non-hydrogen) atoms. The van der Waals surface area contributed by atoms with E-state index < -0.39 is 24.5 Å². The Balaban J connectivity index is 1.03. The van der Waals surface area contributed by atoms with Gasteiger partial charge in [0.15, 0.2) is 0 Å². The van der Waals surface area contributed by atoms with Crippen molar-refractivity contribution in [1.29, 1.82) is 0 Å². The number of nitrogens with zero attached hydrogens (tertiary/aromatic N) is 5. The number of aromatic nitrogens is 5. The smallest absolute Gasteiger partial charge is 0.269 e. The highest BCUT2D eigenvalue weighted by atomic mass is 16.5. The van der Waals surface area contributed by atoms with Gasteiger partial charge in [-0.2, -0.15) is 0 Å². The van der Waals surface area contributed by atoms with Gasteiger partial charge in [0.25, 0.3) is 6.33 Å². The molecule has 0 unspecified atom stereocenters. The zero-order valence-electron chi connectivity index (χ0n) is 52.1. The molecule has 0 spiro atoms. The van der Waals surface area contributed by atoms with Crippen molar-refractivity contribution >= 4 is 54.6 Å². The Morgan fingerprint density at radius 1 is 0.564 bits per heavy atom. The molecule has 13 rings (SSSR count). The molecule has 0 saturated carbocycles. The van der Waals surface area contributed by atoms with E-state index in [9.17, 15) is 2.74 Å². The van der Waals surface area contributed by atoms with E-state index in [4.69, 9.17) is 16.6 Å². The number of imidazole rings is 1. The molecule has 0 aliphatic heterocycles. The van der Waals surface area contributed by atoms with Gasteiger partial charge in [0, 0.05) is 42.6 Å². The fraction of sp³-hybridized carbons (Fsp3) is 0.167. The van der Waals surface area contributed by atoms with Crippen LogP contribution in [0.25, 0.3) is 99.8 Å². The molecule has 0 amide bonds. The summed E-state index contributed by atoms with van der Waals surface area (Å²) in [6.45, 7) is 17.0. The number of ether oxygens (including phenoxy) is 1. The van der Waals surface area contributed by atoms with Crippen molar-refractivity contribution in [3.8, 4) is 56.6 Å². The first-order valence-corrected chi connectivity index (χ1v) is 26.7. The van der Waals surface area contributed by atoms with Crippen molar-refractivity contribution in [1.82, 2.24) is 18.7 Å². The van der Waals surface area contributed by atoms with Crippen LogP contribution in [0.5, 0.6) is 11.5 Å². The van der Waals surface area contributed by atoms with Crippen LogP contribution in [0.2, 0.25) is 0 Å². The molecule has 0 bridgehead atoms. The van der Waals surface area contributed by atoms with Gasteiger partial charge in [-0.1, -0.05) is 207 Å². The third-order valence-corrected chi connectivity index (χ3v) is 14.9. The second kappa shape index (κ2) is 18.9. The first-order valence-electron chi connectivity index (χ1n) is 30.2. The van der Waals surface area contributed by atoms with Crippen LogP contribution < -0.4 is 9.30 Å². The van der Waals surface area contributed by atoms with E-state index in [2.05, 4.69) is 142 Å². The Hall–Kier alpha value is -9.00. The van der Waals surface area contributed by atoms with Crippen molar-refractivity contribution in [2.75, 3.05) is 0 Å². The average molecular weight is 1020 g/mol. The van der Waals surface area contributed by atoms with Crippen molar-refractivity contribution < 1.29 is 18.9 Å². The molecule has 4 aromatic heterocycles. The van der Waals surface area contributed by atoms with Gasteiger partial charge in [-0.15, -0.1) is 0 Å². The van der Waals surface area contributed by atoms with Gasteiger partial charge in [-0.3, -0.25) is 13.7 Å². The standard InChI is InChI=1S/C72H63N5O/c1-47(2)38-48-36-37-73-68(39-48)77-63-33-17-14-28-60(63)69-66(76-61-31-15-12-26-58(61)59-27-13-16-32-62(59)76)44-55(45-67(69)77)78-54-25-20-24-53(43-54)74-46-75(65-35-19-18-34-64(65)74)70-56(49-22-10-9-11-23-49)29-21-30-57(70)50-40-51(71(3,4)5)42-52(41-50)72(6,7)8/h9-37,39-45,47H,38H2,1-8H3/i9D,10D,11D,22D,23D,38D2. The lowest BCUT2D eigenvalue weighted by molar-refractivity contribution is -0.571. The molecule has 9 aromatic carbocycles. The number of rotatable bonds is 10. The van der Waals surface area contributed by atoms with Gasteiger partial charge in [-0.05, 0) is 111 Å². The molecule has 0 atom stereocenters. The van der Waals surface area contributed by atoms with Crippen LogP contribution in [0, 0.1) is 12.2 Å². The molecule has 13 aromatic rings. The third-order valence-electron chi connectivity index (χ3n) is 14.9. The van der Waals surface area contributed by atoms with E-state index in [1.165, 1.54) is 0 Å². The summed E-state index contributed by atoms with van der Waals surface area (Å²) in [5.41, 5.74) is 12.3. The molecular weight excluding hydrogens is 951 g/mol. The molecule has 0 aliphatic rings. The third kappa shape index (κ3) is 8.53. The van der Waals surface area contributed by atoms with Gasteiger partial charge < -0.3 is 9.30 Å². The number of para-hydroxylation sites is 6. The molecule has 0 fully saturated rings.